The van der Waals surface area contributed by atoms with Crippen LogP contribution >= 0.6 is 0 Å². The van der Waals surface area contributed by atoms with Crippen LogP contribution in [0.15, 0.2) is 41.2 Å². The lowest BCUT2D eigenvalue weighted by Gasteiger charge is -2.20. The van der Waals surface area contributed by atoms with Crippen molar-refractivity contribution in [1.29, 1.82) is 0 Å². The fourth-order valence-corrected chi connectivity index (χ4v) is 1.77. The number of benzene rings is 1. The molecule has 0 spiro atoms. The summed E-state index contributed by atoms with van der Waals surface area (Å²) in [6.07, 6.45) is 3.14. The molecule has 5 nitrogen and oxygen atoms in total. The van der Waals surface area contributed by atoms with Crippen LogP contribution in [-0.2, 0) is 6.54 Å². The third kappa shape index (κ3) is 2.88. The molecule has 0 aliphatic rings. The first-order chi connectivity index (χ1) is 9.11. The predicted molar refractivity (Wildman–Crippen MR) is 68.9 cm³/mol. The predicted octanol–water partition coefficient (Wildman–Crippen LogP) is 2.35. The zero-order valence-electron chi connectivity index (χ0n) is 10.5. The van der Waals surface area contributed by atoms with E-state index >= 15 is 0 Å². The lowest BCUT2D eigenvalue weighted by molar-refractivity contribution is 0.0752. The van der Waals surface area contributed by atoms with Crippen LogP contribution in [0.25, 0.3) is 0 Å². The quantitative estimate of drug-likeness (QED) is 0.828. The lowest BCUT2D eigenvalue weighted by Crippen LogP contribution is -2.30. The maximum atomic E-state index is 12.3. The number of nitrogens with zero attached hydrogens (tertiary/aromatic N) is 1. The number of carbonyl (C=O) groups is 1. The van der Waals surface area contributed by atoms with Gasteiger partial charge in [0.15, 0.2) is 11.5 Å². The van der Waals surface area contributed by atoms with Crippen LogP contribution in [0.4, 0.5) is 0 Å². The third-order valence-electron chi connectivity index (χ3n) is 2.84. The minimum atomic E-state index is -0.301. The maximum absolute atomic E-state index is 12.3. The fraction of sp³-hybridized carbons (Fsp3) is 0.214. The molecule has 2 rings (SSSR count). The highest BCUT2D eigenvalue weighted by molar-refractivity contribution is 5.94. The van der Waals surface area contributed by atoms with Gasteiger partial charge >= 0.3 is 0 Å². The van der Waals surface area contributed by atoms with E-state index in [-0.39, 0.29) is 17.4 Å². The van der Waals surface area contributed by atoms with Crippen LogP contribution in [0.1, 0.15) is 22.8 Å². The summed E-state index contributed by atoms with van der Waals surface area (Å²) >= 11 is 0. The minimum Gasteiger partial charge on any atom is -0.504 e. The summed E-state index contributed by atoms with van der Waals surface area (Å²) in [5, 5.41) is 18.7. The van der Waals surface area contributed by atoms with Crippen molar-refractivity contribution in [3.8, 4) is 11.5 Å². The average molecular weight is 261 g/mol. The number of phenolic OH excluding ortho intramolecular Hbond substituents is 2. The van der Waals surface area contributed by atoms with Gasteiger partial charge in [-0.05, 0) is 31.2 Å². The normalized spacial score (nSPS) is 10.4. The van der Waals surface area contributed by atoms with Crippen LogP contribution in [0.2, 0.25) is 0 Å². The van der Waals surface area contributed by atoms with Gasteiger partial charge < -0.3 is 19.5 Å². The summed E-state index contributed by atoms with van der Waals surface area (Å²) < 4.78 is 4.97. The van der Waals surface area contributed by atoms with Crippen molar-refractivity contribution >= 4 is 5.91 Å². The van der Waals surface area contributed by atoms with Gasteiger partial charge in [0.25, 0.3) is 5.91 Å². The summed E-state index contributed by atoms with van der Waals surface area (Å²) in [6.45, 7) is 2.84. The zero-order valence-corrected chi connectivity index (χ0v) is 10.5. The van der Waals surface area contributed by atoms with E-state index in [4.69, 9.17) is 4.42 Å². The van der Waals surface area contributed by atoms with Crippen molar-refractivity contribution in [1.82, 2.24) is 4.90 Å². The van der Waals surface area contributed by atoms with Gasteiger partial charge in [-0.15, -0.1) is 0 Å². The first-order valence-corrected chi connectivity index (χ1v) is 5.94. The first-order valence-electron chi connectivity index (χ1n) is 5.94. The first kappa shape index (κ1) is 13.0. The Morgan fingerprint density at radius 1 is 1.26 bits per heavy atom. The number of rotatable bonds is 4. The van der Waals surface area contributed by atoms with Crippen molar-refractivity contribution in [2.75, 3.05) is 6.54 Å². The molecule has 0 atom stereocenters. The average Bonchev–Trinajstić information content (AvgIpc) is 2.91. The second kappa shape index (κ2) is 5.48. The number of phenols is 2. The largest absolute Gasteiger partial charge is 0.504 e. The van der Waals surface area contributed by atoms with E-state index in [0.29, 0.717) is 18.7 Å². The molecular weight excluding hydrogens is 246 g/mol. The molecule has 1 aromatic heterocycles. The minimum absolute atomic E-state index is 0.209. The molecule has 2 aromatic rings. The molecule has 0 fully saturated rings. The molecule has 1 amide bonds. The Morgan fingerprint density at radius 2 is 2.05 bits per heavy atom. The zero-order chi connectivity index (χ0) is 13.8. The van der Waals surface area contributed by atoms with E-state index in [1.807, 2.05) is 6.92 Å². The van der Waals surface area contributed by atoms with Crippen molar-refractivity contribution in [2.24, 2.45) is 0 Å². The molecule has 19 heavy (non-hydrogen) atoms. The number of amides is 1. The molecule has 0 saturated carbocycles. The molecule has 0 aliphatic heterocycles. The Hall–Kier alpha value is -2.43. The molecule has 0 saturated heterocycles. The second-order valence-corrected chi connectivity index (χ2v) is 4.15. The topological polar surface area (TPSA) is 73.9 Å². The highest BCUT2D eigenvalue weighted by Gasteiger charge is 2.16. The molecule has 0 unspecified atom stereocenters. The van der Waals surface area contributed by atoms with Gasteiger partial charge in [0.05, 0.1) is 12.5 Å². The van der Waals surface area contributed by atoms with Crippen molar-refractivity contribution in [3.05, 3.63) is 47.9 Å². The Balaban J connectivity index is 2.18. The van der Waals surface area contributed by atoms with Crippen molar-refractivity contribution in [2.45, 2.75) is 13.5 Å². The van der Waals surface area contributed by atoms with Gasteiger partial charge in [0, 0.05) is 24.2 Å². The van der Waals surface area contributed by atoms with E-state index in [1.165, 1.54) is 18.2 Å². The van der Waals surface area contributed by atoms with Crippen molar-refractivity contribution in [3.63, 3.8) is 0 Å². The SMILES string of the molecule is CCN(Cc1ccoc1)C(=O)c1ccc(O)c(O)c1. The van der Waals surface area contributed by atoms with E-state index in [0.717, 1.165) is 5.56 Å². The van der Waals surface area contributed by atoms with Crippen LogP contribution < -0.4 is 0 Å². The second-order valence-electron chi connectivity index (χ2n) is 4.15. The van der Waals surface area contributed by atoms with E-state index in [2.05, 4.69) is 0 Å². The number of carbonyl (C=O) groups excluding carboxylic acids is 1. The molecule has 1 heterocycles. The molecule has 0 radical (unpaired) electrons. The van der Waals surface area contributed by atoms with Crippen LogP contribution in [-0.4, -0.2) is 27.6 Å². The molecular formula is C14H15NO4. The number of aromatic hydroxyl groups is 2. The van der Waals surface area contributed by atoms with Crippen LogP contribution in [0, 0.1) is 0 Å². The maximum Gasteiger partial charge on any atom is 0.254 e. The van der Waals surface area contributed by atoms with E-state index in [9.17, 15) is 15.0 Å². The van der Waals surface area contributed by atoms with Crippen molar-refractivity contribution < 1.29 is 19.4 Å². The lowest BCUT2D eigenvalue weighted by atomic mass is 10.1. The van der Waals surface area contributed by atoms with Crippen LogP contribution in [0.3, 0.4) is 0 Å². The summed E-state index contributed by atoms with van der Waals surface area (Å²) in [4.78, 5) is 13.9. The van der Waals surface area contributed by atoms with Gasteiger partial charge in [-0.3, -0.25) is 4.79 Å². The van der Waals surface area contributed by atoms with Gasteiger partial charge in [0.1, 0.15) is 0 Å². The van der Waals surface area contributed by atoms with Gasteiger partial charge in [-0.2, -0.15) is 0 Å². The molecule has 100 valence electrons. The standard InChI is InChI=1S/C14H15NO4/c1-2-15(8-10-5-6-19-9-10)14(18)11-3-4-12(16)13(17)7-11/h3-7,9,16-17H,2,8H2,1H3. The molecule has 0 bridgehead atoms. The van der Waals surface area contributed by atoms with E-state index in [1.54, 1.807) is 23.5 Å². The Bertz CT molecular complexity index is 563. The third-order valence-corrected chi connectivity index (χ3v) is 2.84. The monoisotopic (exact) mass is 261 g/mol. The molecule has 0 aliphatic carbocycles. The molecule has 5 heteroatoms. The Kier molecular flexibility index (Phi) is 3.75. The summed E-state index contributed by atoms with van der Waals surface area (Å²) in [7, 11) is 0. The van der Waals surface area contributed by atoms with Crippen LogP contribution in [0.5, 0.6) is 11.5 Å². The Morgan fingerprint density at radius 3 is 2.63 bits per heavy atom. The van der Waals surface area contributed by atoms with Gasteiger partial charge in [-0.25, -0.2) is 0 Å². The van der Waals surface area contributed by atoms with E-state index < -0.39 is 0 Å². The Labute approximate surface area is 110 Å². The molecule has 2 N–H and O–H groups in total. The molecule has 1 aromatic carbocycles. The number of hydrogen-bond donors (Lipinski definition) is 2. The number of hydrogen-bond acceptors (Lipinski definition) is 4. The van der Waals surface area contributed by atoms with Gasteiger partial charge in [0.2, 0.25) is 0 Å². The van der Waals surface area contributed by atoms with Gasteiger partial charge in [-0.1, -0.05) is 0 Å². The highest BCUT2D eigenvalue weighted by Crippen LogP contribution is 2.25. The fourth-order valence-electron chi connectivity index (χ4n) is 1.77. The summed E-state index contributed by atoms with van der Waals surface area (Å²) in [5.41, 5.74) is 1.24. The smallest absolute Gasteiger partial charge is 0.254 e. The summed E-state index contributed by atoms with van der Waals surface area (Å²) in [5.74, 6) is -0.751. The summed E-state index contributed by atoms with van der Waals surface area (Å²) in [6, 6.07) is 5.84. The number of furan rings is 1. The highest BCUT2D eigenvalue weighted by atomic mass is 16.3.